The summed E-state index contributed by atoms with van der Waals surface area (Å²) in [5, 5.41) is 3.50. The Balaban J connectivity index is 1.99. The van der Waals surface area contributed by atoms with Gasteiger partial charge < -0.3 is 10.1 Å². The predicted molar refractivity (Wildman–Crippen MR) is 84.1 cm³/mol. The molecule has 2 aromatic rings. The van der Waals surface area contributed by atoms with E-state index in [1.54, 1.807) is 19.2 Å². The highest BCUT2D eigenvalue weighted by atomic mass is 19.1. The molecule has 0 fully saturated rings. The van der Waals surface area contributed by atoms with Gasteiger partial charge in [0.25, 0.3) is 0 Å². The molecular formula is C18H22FNO. The van der Waals surface area contributed by atoms with Crippen molar-refractivity contribution < 1.29 is 9.13 Å². The van der Waals surface area contributed by atoms with E-state index in [9.17, 15) is 4.39 Å². The van der Waals surface area contributed by atoms with Crippen molar-refractivity contribution in [3.63, 3.8) is 0 Å². The molecule has 0 saturated carbocycles. The highest BCUT2D eigenvalue weighted by Crippen LogP contribution is 2.20. The summed E-state index contributed by atoms with van der Waals surface area (Å²) >= 11 is 0. The Hall–Kier alpha value is -1.87. The fraction of sp³-hybridized carbons (Fsp3) is 0.333. The molecule has 0 aliphatic heterocycles. The van der Waals surface area contributed by atoms with Crippen molar-refractivity contribution in [2.75, 3.05) is 7.11 Å². The molecule has 21 heavy (non-hydrogen) atoms. The third-order valence-corrected chi connectivity index (χ3v) is 3.60. The molecule has 2 rings (SSSR count). The maximum Gasteiger partial charge on any atom is 0.123 e. The number of methoxy groups -OCH3 is 1. The molecule has 1 unspecified atom stereocenters. The van der Waals surface area contributed by atoms with E-state index in [2.05, 4.69) is 18.3 Å². The summed E-state index contributed by atoms with van der Waals surface area (Å²) in [4.78, 5) is 0. The Bertz CT molecular complexity index is 585. The number of hydrogen-bond acceptors (Lipinski definition) is 2. The Morgan fingerprint density at radius 1 is 1.10 bits per heavy atom. The largest absolute Gasteiger partial charge is 0.496 e. The summed E-state index contributed by atoms with van der Waals surface area (Å²) in [5.74, 6) is 0.711. The highest BCUT2D eigenvalue weighted by molar-refractivity contribution is 5.33. The SMILES string of the molecule is COc1ccccc1CC(C)N[C@H](C)c1cccc(F)c1. The lowest BCUT2D eigenvalue weighted by Crippen LogP contribution is -2.30. The Morgan fingerprint density at radius 3 is 2.57 bits per heavy atom. The molecule has 3 heteroatoms. The number of para-hydroxylation sites is 1. The van der Waals surface area contributed by atoms with E-state index in [1.165, 1.54) is 11.6 Å². The second-order valence-electron chi connectivity index (χ2n) is 5.36. The number of benzene rings is 2. The van der Waals surface area contributed by atoms with Gasteiger partial charge in [0, 0.05) is 12.1 Å². The van der Waals surface area contributed by atoms with Gasteiger partial charge in [-0.15, -0.1) is 0 Å². The van der Waals surface area contributed by atoms with Gasteiger partial charge in [-0.1, -0.05) is 30.3 Å². The standard InChI is InChI=1S/C18H22FNO/c1-13(11-16-7-4-5-10-18(16)21-3)20-14(2)15-8-6-9-17(19)12-15/h4-10,12-14,20H,11H2,1-3H3/t13?,14-/m1/s1. The first-order chi connectivity index (χ1) is 10.1. The van der Waals surface area contributed by atoms with Gasteiger partial charge in [0.15, 0.2) is 0 Å². The van der Waals surface area contributed by atoms with Crippen LogP contribution in [-0.4, -0.2) is 13.2 Å². The Morgan fingerprint density at radius 2 is 1.86 bits per heavy atom. The molecule has 0 heterocycles. The molecule has 0 radical (unpaired) electrons. The fourth-order valence-corrected chi connectivity index (χ4v) is 2.56. The van der Waals surface area contributed by atoms with Crippen LogP contribution in [0, 0.1) is 5.82 Å². The normalized spacial score (nSPS) is 13.7. The summed E-state index contributed by atoms with van der Waals surface area (Å²) in [7, 11) is 1.69. The predicted octanol–water partition coefficient (Wildman–Crippen LogP) is 4.12. The van der Waals surface area contributed by atoms with Gasteiger partial charge >= 0.3 is 0 Å². The smallest absolute Gasteiger partial charge is 0.123 e. The summed E-state index contributed by atoms with van der Waals surface area (Å²) in [6.45, 7) is 4.18. The number of halogens is 1. The topological polar surface area (TPSA) is 21.3 Å². The van der Waals surface area contributed by atoms with Crippen LogP contribution in [0.15, 0.2) is 48.5 Å². The van der Waals surface area contributed by atoms with Crippen LogP contribution in [0.4, 0.5) is 4.39 Å². The molecule has 0 spiro atoms. The van der Waals surface area contributed by atoms with E-state index in [0.29, 0.717) is 0 Å². The first kappa shape index (κ1) is 15.5. The van der Waals surface area contributed by atoms with Gasteiger partial charge in [0.1, 0.15) is 11.6 Å². The zero-order valence-corrected chi connectivity index (χ0v) is 12.8. The number of rotatable bonds is 6. The lowest BCUT2D eigenvalue weighted by Gasteiger charge is -2.21. The first-order valence-electron chi connectivity index (χ1n) is 7.23. The molecule has 1 N–H and O–H groups in total. The minimum atomic E-state index is -0.196. The van der Waals surface area contributed by atoms with Crippen LogP contribution in [0.1, 0.15) is 31.0 Å². The van der Waals surface area contributed by atoms with Gasteiger partial charge in [-0.05, 0) is 49.6 Å². The molecule has 2 nitrogen and oxygen atoms in total. The van der Waals surface area contributed by atoms with Crippen LogP contribution in [-0.2, 0) is 6.42 Å². The Kier molecular flexibility index (Phi) is 5.34. The van der Waals surface area contributed by atoms with Crippen molar-refractivity contribution in [3.05, 3.63) is 65.5 Å². The molecule has 0 bridgehead atoms. The van der Waals surface area contributed by atoms with Gasteiger partial charge in [0.2, 0.25) is 0 Å². The van der Waals surface area contributed by atoms with Crippen molar-refractivity contribution in [3.8, 4) is 5.75 Å². The number of nitrogens with one attached hydrogen (secondary N) is 1. The van der Waals surface area contributed by atoms with E-state index in [4.69, 9.17) is 4.74 Å². The Labute approximate surface area is 126 Å². The molecule has 0 aliphatic rings. The molecule has 0 amide bonds. The first-order valence-corrected chi connectivity index (χ1v) is 7.23. The monoisotopic (exact) mass is 287 g/mol. The molecule has 112 valence electrons. The molecule has 0 aromatic heterocycles. The minimum Gasteiger partial charge on any atom is -0.496 e. The molecule has 2 aromatic carbocycles. The van der Waals surface area contributed by atoms with Crippen LogP contribution in [0.3, 0.4) is 0 Å². The molecule has 2 atom stereocenters. The minimum absolute atomic E-state index is 0.102. The van der Waals surface area contributed by atoms with Crippen LogP contribution in [0.25, 0.3) is 0 Å². The van der Waals surface area contributed by atoms with Crippen LogP contribution in [0.5, 0.6) is 5.75 Å². The molecule has 0 aliphatic carbocycles. The third-order valence-electron chi connectivity index (χ3n) is 3.60. The van der Waals surface area contributed by atoms with Crippen molar-refractivity contribution in [1.29, 1.82) is 0 Å². The zero-order valence-electron chi connectivity index (χ0n) is 12.8. The van der Waals surface area contributed by atoms with Crippen molar-refractivity contribution in [1.82, 2.24) is 5.32 Å². The summed E-state index contributed by atoms with van der Waals surface area (Å²) in [6, 6.07) is 15.1. The second-order valence-corrected chi connectivity index (χ2v) is 5.36. The summed E-state index contributed by atoms with van der Waals surface area (Å²) in [5.41, 5.74) is 2.13. The quantitative estimate of drug-likeness (QED) is 0.863. The molecule has 0 saturated heterocycles. The van der Waals surface area contributed by atoms with Gasteiger partial charge in [0.05, 0.1) is 7.11 Å². The second kappa shape index (κ2) is 7.23. The highest BCUT2D eigenvalue weighted by Gasteiger charge is 2.12. The summed E-state index contributed by atoms with van der Waals surface area (Å²) < 4.78 is 18.6. The van der Waals surface area contributed by atoms with Gasteiger partial charge in [-0.25, -0.2) is 4.39 Å². The fourth-order valence-electron chi connectivity index (χ4n) is 2.56. The van der Waals surface area contributed by atoms with Crippen molar-refractivity contribution in [2.24, 2.45) is 0 Å². The average Bonchev–Trinajstić information content (AvgIpc) is 2.47. The van der Waals surface area contributed by atoms with Crippen LogP contribution in [0.2, 0.25) is 0 Å². The van der Waals surface area contributed by atoms with E-state index in [1.807, 2.05) is 31.2 Å². The summed E-state index contributed by atoms with van der Waals surface area (Å²) in [6.07, 6.45) is 0.865. The number of ether oxygens (including phenoxy) is 1. The van der Waals surface area contributed by atoms with Crippen molar-refractivity contribution >= 4 is 0 Å². The lowest BCUT2D eigenvalue weighted by molar-refractivity contribution is 0.403. The number of hydrogen-bond donors (Lipinski definition) is 1. The van der Waals surface area contributed by atoms with E-state index in [0.717, 1.165) is 17.7 Å². The lowest BCUT2D eigenvalue weighted by atomic mass is 10.0. The molecular weight excluding hydrogens is 265 g/mol. The maximum atomic E-state index is 13.3. The average molecular weight is 287 g/mol. The van der Waals surface area contributed by atoms with E-state index < -0.39 is 0 Å². The van der Waals surface area contributed by atoms with E-state index in [-0.39, 0.29) is 17.9 Å². The van der Waals surface area contributed by atoms with Crippen LogP contribution < -0.4 is 10.1 Å². The maximum absolute atomic E-state index is 13.3. The van der Waals surface area contributed by atoms with Crippen molar-refractivity contribution in [2.45, 2.75) is 32.4 Å². The van der Waals surface area contributed by atoms with E-state index >= 15 is 0 Å². The van der Waals surface area contributed by atoms with Crippen LogP contribution >= 0.6 is 0 Å². The third kappa shape index (κ3) is 4.30. The van der Waals surface area contributed by atoms with Gasteiger partial charge in [-0.2, -0.15) is 0 Å². The van der Waals surface area contributed by atoms with Gasteiger partial charge in [-0.3, -0.25) is 0 Å². The zero-order chi connectivity index (χ0) is 15.2.